The standard InChI is InChI=1S/C31H36N2O4/c32-29(8-15-34)25-6-3-5-24(18-25)27-16-23(20-37-30-7-2-1-4-26(30)21-36-22-35)17-28(19-27)33-13-11-31(9-10-31)12-14-33/h1-7,16-19,22,29,34H,8-15,20-21,32H2. The third-order valence-electron chi connectivity index (χ3n) is 7.89. The van der Waals surface area contributed by atoms with Crippen LogP contribution in [0.4, 0.5) is 5.69 Å². The van der Waals surface area contributed by atoms with E-state index < -0.39 is 0 Å². The van der Waals surface area contributed by atoms with Crippen molar-refractivity contribution in [2.45, 2.75) is 51.4 Å². The second kappa shape index (κ2) is 11.4. The molecule has 0 amide bonds. The van der Waals surface area contributed by atoms with Crippen LogP contribution in [0.3, 0.4) is 0 Å². The van der Waals surface area contributed by atoms with Gasteiger partial charge in [0.05, 0.1) is 0 Å². The molecule has 1 saturated carbocycles. The molecule has 5 rings (SSSR count). The second-order valence-electron chi connectivity index (χ2n) is 10.4. The highest BCUT2D eigenvalue weighted by atomic mass is 16.5. The summed E-state index contributed by atoms with van der Waals surface area (Å²) in [6.45, 7) is 3.27. The van der Waals surface area contributed by atoms with E-state index in [9.17, 15) is 9.90 Å². The van der Waals surface area contributed by atoms with Gasteiger partial charge < -0.3 is 25.2 Å². The van der Waals surface area contributed by atoms with Gasteiger partial charge >= 0.3 is 0 Å². The Labute approximate surface area is 219 Å². The van der Waals surface area contributed by atoms with Crippen LogP contribution in [0.2, 0.25) is 0 Å². The molecule has 3 N–H and O–H groups in total. The average Bonchev–Trinajstić information content (AvgIpc) is 3.70. The largest absolute Gasteiger partial charge is 0.488 e. The molecular weight excluding hydrogens is 464 g/mol. The van der Waals surface area contributed by atoms with E-state index in [0.717, 1.165) is 40.9 Å². The van der Waals surface area contributed by atoms with E-state index in [2.05, 4.69) is 35.2 Å². The summed E-state index contributed by atoms with van der Waals surface area (Å²) in [4.78, 5) is 13.2. The Kier molecular flexibility index (Phi) is 7.77. The van der Waals surface area contributed by atoms with Gasteiger partial charge in [-0.25, -0.2) is 0 Å². The molecule has 0 bridgehead atoms. The van der Waals surface area contributed by atoms with Crippen molar-refractivity contribution in [3.63, 3.8) is 0 Å². The molecule has 1 heterocycles. The number of rotatable bonds is 11. The van der Waals surface area contributed by atoms with Gasteiger partial charge in [0.2, 0.25) is 0 Å². The number of nitrogens with two attached hydrogens (primary N) is 1. The van der Waals surface area contributed by atoms with Crippen LogP contribution in [-0.2, 0) is 22.7 Å². The first-order chi connectivity index (χ1) is 18.1. The summed E-state index contributed by atoms with van der Waals surface area (Å²) in [6, 6.07) is 22.4. The van der Waals surface area contributed by atoms with Crippen LogP contribution < -0.4 is 15.4 Å². The first-order valence-electron chi connectivity index (χ1n) is 13.2. The number of nitrogens with zero attached hydrogens (tertiary/aromatic N) is 1. The predicted molar refractivity (Wildman–Crippen MR) is 145 cm³/mol. The molecule has 3 aromatic carbocycles. The predicted octanol–water partition coefficient (Wildman–Crippen LogP) is 5.37. The zero-order chi connectivity index (χ0) is 25.7. The number of anilines is 1. The van der Waals surface area contributed by atoms with Gasteiger partial charge in [0, 0.05) is 37.0 Å². The second-order valence-corrected chi connectivity index (χ2v) is 10.4. The van der Waals surface area contributed by atoms with E-state index in [1.165, 1.54) is 31.4 Å². The third kappa shape index (κ3) is 6.14. The number of aliphatic hydroxyl groups excluding tert-OH is 1. The molecule has 1 unspecified atom stereocenters. The average molecular weight is 501 g/mol. The molecule has 0 aromatic heterocycles. The van der Waals surface area contributed by atoms with Crippen molar-refractivity contribution in [1.82, 2.24) is 0 Å². The molecule has 1 aliphatic heterocycles. The van der Waals surface area contributed by atoms with Crippen molar-refractivity contribution in [2.75, 3.05) is 24.6 Å². The monoisotopic (exact) mass is 500 g/mol. The van der Waals surface area contributed by atoms with Crippen LogP contribution in [0.15, 0.2) is 66.7 Å². The molecule has 37 heavy (non-hydrogen) atoms. The smallest absolute Gasteiger partial charge is 0.293 e. The normalized spacial score (nSPS) is 16.9. The summed E-state index contributed by atoms with van der Waals surface area (Å²) >= 11 is 0. The first-order valence-corrected chi connectivity index (χ1v) is 13.2. The molecule has 0 radical (unpaired) electrons. The lowest BCUT2D eigenvalue weighted by molar-refractivity contribution is -0.129. The number of ether oxygens (including phenoxy) is 2. The topological polar surface area (TPSA) is 85.0 Å². The minimum absolute atomic E-state index is 0.0676. The number of hydrogen-bond acceptors (Lipinski definition) is 6. The van der Waals surface area contributed by atoms with Crippen LogP contribution in [0.1, 0.15) is 54.8 Å². The van der Waals surface area contributed by atoms with Crippen molar-refractivity contribution in [1.29, 1.82) is 0 Å². The van der Waals surface area contributed by atoms with Gasteiger partial charge in [-0.2, -0.15) is 0 Å². The highest BCUT2D eigenvalue weighted by molar-refractivity contribution is 5.70. The molecule has 6 nitrogen and oxygen atoms in total. The summed E-state index contributed by atoms with van der Waals surface area (Å²) < 4.78 is 11.2. The van der Waals surface area contributed by atoms with Gasteiger partial charge in [-0.3, -0.25) is 4.79 Å². The highest BCUT2D eigenvalue weighted by Crippen LogP contribution is 2.54. The number of hydrogen-bond donors (Lipinski definition) is 2. The Balaban J connectivity index is 1.43. The van der Waals surface area contributed by atoms with Gasteiger partial charge in [0.1, 0.15) is 19.0 Å². The fourth-order valence-corrected chi connectivity index (χ4v) is 5.33. The lowest BCUT2D eigenvalue weighted by Gasteiger charge is -2.34. The van der Waals surface area contributed by atoms with Crippen LogP contribution in [-0.4, -0.2) is 31.3 Å². The van der Waals surface area contributed by atoms with E-state index in [1.54, 1.807) is 0 Å². The van der Waals surface area contributed by atoms with Crippen molar-refractivity contribution < 1.29 is 19.4 Å². The Morgan fingerprint density at radius 3 is 2.51 bits per heavy atom. The maximum absolute atomic E-state index is 10.7. The summed E-state index contributed by atoms with van der Waals surface area (Å²) in [5, 5.41) is 9.34. The summed E-state index contributed by atoms with van der Waals surface area (Å²) in [5.41, 5.74) is 13.3. The van der Waals surface area contributed by atoms with Crippen molar-refractivity contribution in [3.05, 3.63) is 83.4 Å². The molecule has 2 fully saturated rings. The van der Waals surface area contributed by atoms with Crippen molar-refractivity contribution in [3.8, 4) is 16.9 Å². The SMILES string of the molecule is NC(CCO)c1cccc(-c2cc(COc3ccccc3COC=O)cc(N3CCC4(CC3)CC4)c2)c1. The van der Waals surface area contributed by atoms with Crippen LogP contribution in [0.5, 0.6) is 5.75 Å². The molecule has 1 saturated heterocycles. The number of carbonyl (C=O) groups excluding carboxylic acids is 1. The van der Waals surface area contributed by atoms with E-state index in [4.69, 9.17) is 15.2 Å². The van der Waals surface area contributed by atoms with Gasteiger partial charge in [-0.1, -0.05) is 36.4 Å². The maximum Gasteiger partial charge on any atom is 0.293 e. The highest BCUT2D eigenvalue weighted by Gasteiger charge is 2.44. The number of para-hydroxylation sites is 1. The first kappa shape index (κ1) is 25.3. The molecule has 1 spiro atoms. The van der Waals surface area contributed by atoms with Gasteiger partial charge in [0.15, 0.2) is 0 Å². The van der Waals surface area contributed by atoms with E-state index in [1.807, 2.05) is 36.4 Å². The molecule has 194 valence electrons. The summed E-state index contributed by atoms with van der Waals surface area (Å²) in [5.74, 6) is 0.710. The van der Waals surface area contributed by atoms with Crippen molar-refractivity contribution in [2.24, 2.45) is 11.1 Å². The zero-order valence-electron chi connectivity index (χ0n) is 21.3. The van der Waals surface area contributed by atoms with Crippen LogP contribution in [0, 0.1) is 5.41 Å². The lowest BCUT2D eigenvalue weighted by Crippen LogP contribution is -2.34. The Hall–Kier alpha value is -3.35. The summed E-state index contributed by atoms with van der Waals surface area (Å²) in [6.07, 6.45) is 5.82. The number of aliphatic hydroxyl groups is 1. The minimum Gasteiger partial charge on any atom is -0.488 e. The minimum atomic E-state index is -0.196. The molecular formula is C31H36N2O4. The molecule has 3 aromatic rings. The number of piperidine rings is 1. The zero-order valence-corrected chi connectivity index (χ0v) is 21.3. The summed E-state index contributed by atoms with van der Waals surface area (Å²) in [7, 11) is 0. The van der Waals surface area contributed by atoms with E-state index >= 15 is 0 Å². The molecule has 6 heteroatoms. The van der Waals surface area contributed by atoms with Gasteiger partial charge in [0.25, 0.3) is 6.47 Å². The van der Waals surface area contributed by atoms with Crippen LogP contribution in [0.25, 0.3) is 11.1 Å². The Bertz CT molecular complexity index is 1210. The fourth-order valence-electron chi connectivity index (χ4n) is 5.33. The molecule has 1 aliphatic carbocycles. The van der Waals surface area contributed by atoms with Crippen LogP contribution >= 0.6 is 0 Å². The number of carbonyl (C=O) groups is 1. The van der Waals surface area contributed by atoms with E-state index in [0.29, 0.717) is 30.7 Å². The van der Waals surface area contributed by atoms with Gasteiger partial charge in [-0.05, 0) is 90.1 Å². The number of benzene rings is 3. The fraction of sp³-hybridized carbons (Fsp3) is 0.387. The quantitative estimate of drug-likeness (QED) is 0.345. The molecule has 1 atom stereocenters. The Morgan fingerprint density at radius 1 is 0.946 bits per heavy atom. The maximum atomic E-state index is 10.7. The third-order valence-corrected chi connectivity index (χ3v) is 7.89. The molecule has 2 aliphatic rings. The Morgan fingerprint density at radius 2 is 1.76 bits per heavy atom. The van der Waals surface area contributed by atoms with Gasteiger partial charge in [-0.15, -0.1) is 0 Å². The van der Waals surface area contributed by atoms with Crippen molar-refractivity contribution >= 4 is 12.2 Å². The van der Waals surface area contributed by atoms with E-state index in [-0.39, 0.29) is 19.3 Å². The lowest BCUT2D eigenvalue weighted by atomic mass is 9.92.